The SMILES string of the molecule is COc1ccc2oc(-c3ccncc3S(C)(C)C)cc2c1. The zero-order chi connectivity index (χ0) is 15.0. The van der Waals surface area contributed by atoms with Gasteiger partial charge in [-0.2, -0.15) is 0 Å². The Balaban J connectivity index is 2.17. The first-order valence-corrected chi connectivity index (χ1v) is 9.55. The smallest absolute Gasteiger partial charge is 0.136 e. The molecule has 0 amide bonds. The molecule has 3 rings (SSSR count). The van der Waals surface area contributed by atoms with Crippen molar-refractivity contribution in [1.82, 2.24) is 4.98 Å². The molecule has 0 aliphatic heterocycles. The van der Waals surface area contributed by atoms with Gasteiger partial charge < -0.3 is 9.15 Å². The maximum Gasteiger partial charge on any atom is 0.136 e. The summed E-state index contributed by atoms with van der Waals surface area (Å²) in [5.74, 6) is 1.73. The van der Waals surface area contributed by atoms with Gasteiger partial charge in [0.05, 0.1) is 7.11 Å². The third kappa shape index (κ3) is 2.63. The van der Waals surface area contributed by atoms with E-state index in [0.717, 1.165) is 28.0 Å². The molecule has 3 aromatic rings. The van der Waals surface area contributed by atoms with Crippen molar-refractivity contribution in [3.05, 3.63) is 42.7 Å². The number of benzene rings is 1. The minimum atomic E-state index is -0.879. The van der Waals surface area contributed by atoms with E-state index in [9.17, 15) is 0 Å². The summed E-state index contributed by atoms with van der Waals surface area (Å²) in [7, 11) is 0.794. The molecule has 2 heterocycles. The van der Waals surface area contributed by atoms with Crippen LogP contribution in [0.4, 0.5) is 0 Å². The van der Waals surface area contributed by atoms with Gasteiger partial charge in [0.1, 0.15) is 17.1 Å². The van der Waals surface area contributed by atoms with Gasteiger partial charge in [-0.05, 0) is 49.1 Å². The Kier molecular flexibility index (Phi) is 3.41. The van der Waals surface area contributed by atoms with Crippen LogP contribution in [0.25, 0.3) is 22.3 Å². The number of methoxy groups -OCH3 is 1. The van der Waals surface area contributed by atoms with Crippen LogP contribution in [-0.4, -0.2) is 30.9 Å². The average Bonchev–Trinajstić information content (AvgIpc) is 2.89. The first-order valence-electron chi connectivity index (χ1n) is 6.69. The summed E-state index contributed by atoms with van der Waals surface area (Å²) in [6, 6.07) is 9.96. The Morgan fingerprint density at radius 3 is 2.62 bits per heavy atom. The van der Waals surface area contributed by atoms with Gasteiger partial charge in [-0.1, -0.05) is 0 Å². The summed E-state index contributed by atoms with van der Waals surface area (Å²) in [6.45, 7) is 0. The molecule has 1 aromatic carbocycles. The molecular formula is C17H19NO2S. The van der Waals surface area contributed by atoms with E-state index in [1.807, 2.05) is 36.7 Å². The first kappa shape index (κ1) is 14.0. The predicted molar refractivity (Wildman–Crippen MR) is 89.6 cm³/mol. The third-order valence-corrected chi connectivity index (χ3v) is 5.08. The molecule has 0 atom stereocenters. The second-order valence-electron chi connectivity index (χ2n) is 5.72. The molecule has 3 nitrogen and oxygen atoms in total. The fourth-order valence-electron chi connectivity index (χ4n) is 2.35. The Morgan fingerprint density at radius 1 is 1.10 bits per heavy atom. The number of hydrogen-bond donors (Lipinski definition) is 0. The highest BCUT2D eigenvalue weighted by Gasteiger charge is 2.17. The molecule has 0 saturated heterocycles. The van der Waals surface area contributed by atoms with Gasteiger partial charge >= 0.3 is 0 Å². The molecule has 0 unspecified atom stereocenters. The number of fused-ring (bicyclic) bond motifs is 1. The maximum absolute atomic E-state index is 6.02. The highest BCUT2D eigenvalue weighted by Crippen LogP contribution is 2.49. The van der Waals surface area contributed by atoms with Crippen molar-refractivity contribution >= 4 is 21.0 Å². The largest absolute Gasteiger partial charge is 0.497 e. The number of hydrogen-bond acceptors (Lipinski definition) is 3. The number of aromatic nitrogens is 1. The maximum atomic E-state index is 6.02. The van der Waals surface area contributed by atoms with Crippen molar-refractivity contribution < 1.29 is 9.15 Å². The third-order valence-electron chi connectivity index (χ3n) is 3.43. The van der Waals surface area contributed by atoms with E-state index in [1.54, 1.807) is 7.11 Å². The van der Waals surface area contributed by atoms with Crippen LogP contribution in [0.3, 0.4) is 0 Å². The van der Waals surface area contributed by atoms with E-state index in [2.05, 4.69) is 29.8 Å². The van der Waals surface area contributed by atoms with Crippen molar-refractivity contribution in [2.45, 2.75) is 4.90 Å². The molecule has 0 aliphatic carbocycles. The molecule has 0 radical (unpaired) electrons. The molecule has 110 valence electrons. The van der Waals surface area contributed by atoms with Crippen LogP contribution < -0.4 is 4.74 Å². The van der Waals surface area contributed by atoms with E-state index in [0.29, 0.717) is 0 Å². The van der Waals surface area contributed by atoms with Crippen LogP contribution >= 0.6 is 10.0 Å². The highest BCUT2D eigenvalue weighted by molar-refractivity contribution is 8.32. The Labute approximate surface area is 126 Å². The molecule has 4 heteroatoms. The lowest BCUT2D eigenvalue weighted by atomic mass is 10.2. The van der Waals surface area contributed by atoms with Crippen molar-refractivity contribution in [1.29, 1.82) is 0 Å². The molecule has 21 heavy (non-hydrogen) atoms. The molecular weight excluding hydrogens is 282 g/mol. The Hall–Kier alpha value is -1.94. The highest BCUT2D eigenvalue weighted by atomic mass is 32.3. The summed E-state index contributed by atoms with van der Waals surface area (Å²) in [5, 5.41) is 1.05. The summed E-state index contributed by atoms with van der Waals surface area (Å²) in [6.07, 6.45) is 10.6. The minimum Gasteiger partial charge on any atom is -0.497 e. The van der Waals surface area contributed by atoms with Gasteiger partial charge in [0.2, 0.25) is 0 Å². The number of ether oxygens (including phenoxy) is 1. The van der Waals surface area contributed by atoms with E-state index in [4.69, 9.17) is 9.15 Å². The zero-order valence-electron chi connectivity index (χ0n) is 12.7. The first-order chi connectivity index (χ1) is 9.99. The van der Waals surface area contributed by atoms with Gasteiger partial charge in [-0.3, -0.25) is 4.98 Å². The topological polar surface area (TPSA) is 35.3 Å². The number of furan rings is 1. The number of rotatable bonds is 3. The van der Waals surface area contributed by atoms with Gasteiger partial charge in [0.25, 0.3) is 0 Å². The van der Waals surface area contributed by atoms with Crippen LogP contribution in [0.2, 0.25) is 0 Å². The van der Waals surface area contributed by atoms with Gasteiger partial charge in [0.15, 0.2) is 0 Å². The monoisotopic (exact) mass is 301 g/mol. The molecule has 2 aromatic heterocycles. The normalized spacial score (nSPS) is 12.6. The van der Waals surface area contributed by atoms with Crippen molar-refractivity contribution in [3.63, 3.8) is 0 Å². The predicted octanol–water partition coefficient (Wildman–Crippen LogP) is 4.56. The van der Waals surface area contributed by atoms with Crippen molar-refractivity contribution in [2.75, 3.05) is 25.9 Å². The second kappa shape index (κ2) is 5.11. The lowest BCUT2D eigenvalue weighted by molar-refractivity contribution is 0.415. The fraction of sp³-hybridized carbons (Fsp3) is 0.235. The molecule has 0 N–H and O–H groups in total. The van der Waals surface area contributed by atoms with Crippen molar-refractivity contribution in [2.24, 2.45) is 0 Å². The summed E-state index contributed by atoms with van der Waals surface area (Å²) in [5.41, 5.74) is 2.00. The number of nitrogens with zero attached hydrogens (tertiary/aromatic N) is 1. The van der Waals surface area contributed by atoms with Crippen LogP contribution in [-0.2, 0) is 0 Å². The van der Waals surface area contributed by atoms with Gasteiger partial charge in [-0.15, -0.1) is 0 Å². The van der Waals surface area contributed by atoms with Gasteiger partial charge in [0, 0.05) is 28.2 Å². The van der Waals surface area contributed by atoms with Crippen LogP contribution in [0.15, 0.2) is 52.0 Å². The van der Waals surface area contributed by atoms with E-state index < -0.39 is 10.0 Å². The second-order valence-corrected chi connectivity index (χ2v) is 9.84. The molecule has 0 spiro atoms. The summed E-state index contributed by atoms with van der Waals surface area (Å²) >= 11 is 0. The van der Waals surface area contributed by atoms with E-state index >= 15 is 0 Å². The molecule has 0 fully saturated rings. The van der Waals surface area contributed by atoms with Crippen LogP contribution in [0.1, 0.15) is 0 Å². The van der Waals surface area contributed by atoms with E-state index in [1.165, 1.54) is 4.90 Å². The number of pyridine rings is 1. The Morgan fingerprint density at radius 2 is 1.90 bits per heavy atom. The minimum absolute atomic E-state index is 0.839. The van der Waals surface area contributed by atoms with Crippen molar-refractivity contribution in [3.8, 4) is 17.1 Å². The van der Waals surface area contributed by atoms with E-state index in [-0.39, 0.29) is 0 Å². The lowest BCUT2D eigenvalue weighted by Gasteiger charge is -2.27. The Bertz CT molecular complexity index is 787. The fourth-order valence-corrected chi connectivity index (χ4v) is 3.56. The van der Waals surface area contributed by atoms with Gasteiger partial charge in [-0.25, -0.2) is 10.0 Å². The van der Waals surface area contributed by atoms with Crippen LogP contribution in [0.5, 0.6) is 5.75 Å². The molecule has 0 saturated carbocycles. The zero-order valence-corrected chi connectivity index (χ0v) is 13.5. The summed E-state index contributed by atoms with van der Waals surface area (Å²) < 4.78 is 11.3. The summed E-state index contributed by atoms with van der Waals surface area (Å²) in [4.78, 5) is 5.54. The average molecular weight is 301 g/mol. The lowest BCUT2D eigenvalue weighted by Crippen LogP contribution is -1.96. The standard InChI is InChI=1S/C17H19NO2S/c1-19-13-5-6-15-12(9-13)10-16(20-15)14-7-8-18-11-17(14)21(2,3)4/h5-11H,1-4H3. The molecule has 0 bridgehead atoms. The van der Waals surface area contributed by atoms with Crippen LogP contribution in [0, 0.1) is 0 Å². The quantitative estimate of drug-likeness (QED) is 0.711. The molecule has 0 aliphatic rings.